The van der Waals surface area contributed by atoms with Gasteiger partial charge in [-0.25, -0.2) is 0 Å². The number of carbonyl (C=O) groups is 1. The number of benzene rings is 1. The van der Waals surface area contributed by atoms with Crippen molar-refractivity contribution in [3.05, 3.63) is 39.8 Å². The normalized spacial score (nSPS) is 18.9. The Morgan fingerprint density at radius 2 is 1.95 bits per heavy atom. The summed E-state index contributed by atoms with van der Waals surface area (Å²) in [4.78, 5) is 14.5. The maximum atomic E-state index is 12.0. The fraction of sp³-hybridized carbons (Fsp3) is 0.471. The molecule has 0 radical (unpaired) electrons. The van der Waals surface area contributed by atoms with Crippen LogP contribution in [-0.4, -0.2) is 5.78 Å². The lowest BCUT2D eigenvalue weighted by molar-refractivity contribution is -0.124. The number of ketones is 1. The predicted octanol–water partition coefficient (Wildman–Crippen LogP) is 5.88. The molecule has 0 heterocycles. The molecule has 1 atom stereocenters. The van der Waals surface area contributed by atoms with Crippen LogP contribution in [0, 0.1) is 5.92 Å². The number of halogens is 1. The van der Waals surface area contributed by atoms with Gasteiger partial charge in [-0.15, -0.1) is 0 Å². The van der Waals surface area contributed by atoms with E-state index in [0.717, 1.165) is 30.7 Å². The van der Waals surface area contributed by atoms with Crippen LogP contribution in [0.4, 0.5) is 0 Å². The smallest absolute Gasteiger partial charge is 0.136 e. The van der Waals surface area contributed by atoms with E-state index in [9.17, 15) is 4.79 Å². The first-order chi connectivity index (χ1) is 9.56. The van der Waals surface area contributed by atoms with Crippen molar-refractivity contribution in [2.24, 2.45) is 5.92 Å². The second-order valence-electron chi connectivity index (χ2n) is 5.59. The largest absolute Gasteiger partial charge is 0.299 e. The summed E-state index contributed by atoms with van der Waals surface area (Å²) in [7, 11) is 0. The lowest BCUT2D eigenvalue weighted by Gasteiger charge is -2.22. The van der Waals surface area contributed by atoms with E-state index in [0.29, 0.717) is 5.78 Å². The van der Waals surface area contributed by atoms with Crippen LogP contribution in [0.25, 0.3) is 0 Å². The minimum absolute atomic E-state index is 0.230. The van der Waals surface area contributed by atoms with Crippen molar-refractivity contribution in [3.8, 4) is 0 Å². The second kappa shape index (κ2) is 7.33. The van der Waals surface area contributed by atoms with E-state index >= 15 is 0 Å². The molecule has 1 aliphatic rings. The molecule has 1 nitrogen and oxygen atoms in total. The van der Waals surface area contributed by atoms with E-state index in [-0.39, 0.29) is 5.92 Å². The zero-order valence-corrected chi connectivity index (χ0v) is 13.7. The maximum Gasteiger partial charge on any atom is 0.136 e. The van der Waals surface area contributed by atoms with Gasteiger partial charge in [-0.2, -0.15) is 0 Å². The second-order valence-corrected chi connectivity index (χ2v) is 7.20. The lowest BCUT2D eigenvalue weighted by atomic mass is 9.85. The number of hydrogen-bond donors (Lipinski definition) is 0. The summed E-state index contributed by atoms with van der Waals surface area (Å²) in [6.07, 6.45) is 4.99. The van der Waals surface area contributed by atoms with Crippen LogP contribution in [0.1, 0.15) is 46.0 Å². The van der Waals surface area contributed by atoms with Gasteiger partial charge < -0.3 is 0 Å². The maximum absolute atomic E-state index is 12.0. The third-order valence-electron chi connectivity index (χ3n) is 3.73. The van der Waals surface area contributed by atoms with Crippen molar-refractivity contribution >= 4 is 29.1 Å². The quantitative estimate of drug-likeness (QED) is 0.646. The molecule has 0 amide bonds. The average Bonchev–Trinajstić information content (AvgIpc) is 2.42. The fourth-order valence-corrected chi connectivity index (χ4v) is 3.66. The molecule has 2 rings (SSSR count). The van der Waals surface area contributed by atoms with Crippen LogP contribution in [0.3, 0.4) is 0 Å². The minimum Gasteiger partial charge on any atom is -0.299 e. The van der Waals surface area contributed by atoms with E-state index in [1.54, 1.807) is 11.8 Å². The van der Waals surface area contributed by atoms with Gasteiger partial charge in [-0.1, -0.05) is 35.4 Å². The minimum atomic E-state index is 0.230. The topological polar surface area (TPSA) is 17.1 Å². The SMILES string of the molecule is CC(C)=C(CC1CCCCC1=O)Sc1ccc(Cl)cc1. The summed E-state index contributed by atoms with van der Waals surface area (Å²) in [6, 6.07) is 7.91. The highest BCUT2D eigenvalue weighted by molar-refractivity contribution is 8.03. The molecule has 1 unspecified atom stereocenters. The van der Waals surface area contributed by atoms with Crippen LogP contribution in [-0.2, 0) is 4.79 Å². The summed E-state index contributed by atoms with van der Waals surface area (Å²) in [6.45, 7) is 4.26. The Kier molecular flexibility index (Phi) is 5.74. The Balaban J connectivity index is 2.06. The van der Waals surface area contributed by atoms with Crippen molar-refractivity contribution in [2.45, 2.75) is 50.8 Å². The van der Waals surface area contributed by atoms with Crippen LogP contribution in [0.15, 0.2) is 39.6 Å². The van der Waals surface area contributed by atoms with E-state index in [1.807, 2.05) is 24.3 Å². The molecule has 1 fully saturated rings. The van der Waals surface area contributed by atoms with Crippen molar-refractivity contribution < 1.29 is 4.79 Å². The van der Waals surface area contributed by atoms with Gasteiger partial charge in [-0.3, -0.25) is 4.79 Å². The average molecular weight is 309 g/mol. The van der Waals surface area contributed by atoms with E-state index in [4.69, 9.17) is 11.6 Å². The zero-order valence-electron chi connectivity index (χ0n) is 12.1. The van der Waals surface area contributed by atoms with Gasteiger partial charge in [-0.05, 0) is 62.3 Å². The standard InChI is InChI=1S/C17H21ClOS/c1-12(2)17(11-13-5-3-4-6-16(13)19)20-15-9-7-14(18)8-10-15/h7-10,13H,3-6,11H2,1-2H3. The highest BCUT2D eigenvalue weighted by Crippen LogP contribution is 2.37. The van der Waals surface area contributed by atoms with Crippen molar-refractivity contribution in [1.29, 1.82) is 0 Å². The van der Waals surface area contributed by atoms with Gasteiger partial charge in [0.2, 0.25) is 0 Å². The molecule has 3 heteroatoms. The summed E-state index contributed by atoms with van der Waals surface area (Å²) in [5.41, 5.74) is 1.31. The number of carbonyl (C=O) groups excluding carboxylic acids is 1. The predicted molar refractivity (Wildman–Crippen MR) is 87.3 cm³/mol. The van der Waals surface area contributed by atoms with E-state index < -0.39 is 0 Å². The van der Waals surface area contributed by atoms with Gasteiger partial charge in [0.25, 0.3) is 0 Å². The molecule has 0 saturated heterocycles. The molecular formula is C17H21ClOS. The van der Waals surface area contributed by atoms with Crippen molar-refractivity contribution in [3.63, 3.8) is 0 Å². The van der Waals surface area contributed by atoms with Crippen molar-refractivity contribution in [1.82, 2.24) is 0 Å². The lowest BCUT2D eigenvalue weighted by Crippen LogP contribution is -2.19. The Morgan fingerprint density at radius 3 is 2.55 bits per heavy atom. The van der Waals surface area contributed by atoms with Crippen LogP contribution in [0.5, 0.6) is 0 Å². The highest BCUT2D eigenvalue weighted by Gasteiger charge is 2.23. The molecule has 1 saturated carbocycles. The van der Waals surface area contributed by atoms with Gasteiger partial charge >= 0.3 is 0 Å². The monoisotopic (exact) mass is 308 g/mol. The molecule has 0 bridgehead atoms. The van der Waals surface area contributed by atoms with Gasteiger partial charge in [0.1, 0.15) is 5.78 Å². The number of hydrogen-bond acceptors (Lipinski definition) is 2. The molecule has 1 aromatic carbocycles. The summed E-state index contributed by atoms with van der Waals surface area (Å²) < 4.78 is 0. The molecule has 108 valence electrons. The fourth-order valence-electron chi connectivity index (χ4n) is 2.49. The van der Waals surface area contributed by atoms with Crippen molar-refractivity contribution in [2.75, 3.05) is 0 Å². The number of allylic oxidation sites excluding steroid dienone is 2. The molecule has 20 heavy (non-hydrogen) atoms. The summed E-state index contributed by atoms with van der Waals surface area (Å²) in [5, 5.41) is 0.760. The van der Waals surface area contributed by atoms with E-state index in [2.05, 4.69) is 13.8 Å². The highest BCUT2D eigenvalue weighted by atomic mass is 35.5. The molecule has 1 aliphatic carbocycles. The molecule has 1 aromatic rings. The number of Topliss-reactive ketones (excluding diaryl/α,β-unsaturated/α-hetero) is 1. The first-order valence-corrected chi connectivity index (χ1v) is 8.38. The Morgan fingerprint density at radius 1 is 1.25 bits per heavy atom. The van der Waals surface area contributed by atoms with Crippen LogP contribution in [0.2, 0.25) is 5.02 Å². The third-order valence-corrected chi connectivity index (χ3v) is 5.31. The first kappa shape index (κ1) is 15.7. The summed E-state index contributed by atoms with van der Waals surface area (Å²) >= 11 is 7.69. The molecule has 0 aromatic heterocycles. The Bertz CT molecular complexity index is 500. The number of rotatable bonds is 4. The zero-order chi connectivity index (χ0) is 14.5. The molecule has 0 spiro atoms. The van der Waals surface area contributed by atoms with Gasteiger partial charge in [0.15, 0.2) is 0 Å². The number of thioether (sulfide) groups is 1. The summed E-state index contributed by atoms with van der Waals surface area (Å²) in [5.74, 6) is 0.681. The molecular weight excluding hydrogens is 288 g/mol. The van der Waals surface area contributed by atoms with Gasteiger partial charge in [0, 0.05) is 22.3 Å². The first-order valence-electron chi connectivity index (χ1n) is 7.19. The molecule has 0 N–H and O–H groups in total. The van der Waals surface area contributed by atoms with E-state index in [1.165, 1.54) is 21.8 Å². The van der Waals surface area contributed by atoms with Crippen LogP contribution < -0.4 is 0 Å². The third kappa shape index (κ3) is 4.39. The van der Waals surface area contributed by atoms with Crippen LogP contribution >= 0.6 is 23.4 Å². The Labute approximate surface area is 130 Å². The molecule has 0 aliphatic heterocycles. The van der Waals surface area contributed by atoms with Gasteiger partial charge in [0.05, 0.1) is 0 Å². The Hall–Kier alpha value is -0.730.